The fourth-order valence-electron chi connectivity index (χ4n) is 5.65. The number of rotatable bonds is 8. The molecule has 9 nitrogen and oxygen atoms in total. The van der Waals surface area contributed by atoms with Gasteiger partial charge in [-0.3, -0.25) is 9.59 Å². The number of carbonyl (C=O) groups is 2. The number of nitrogens with two attached hydrogens (primary N) is 1. The molecule has 0 radical (unpaired) electrons. The molecule has 0 spiro atoms. The summed E-state index contributed by atoms with van der Waals surface area (Å²) in [6.07, 6.45) is 1.24. The molecule has 4 aromatic rings. The van der Waals surface area contributed by atoms with E-state index < -0.39 is 39.5 Å². The summed E-state index contributed by atoms with van der Waals surface area (Å²) in [4.78, 5) is 35.1. The van der Waals surface area contributed by atoms with Crippen LogP contribution in [0.5, 0.6) is 11.5 Å². The summed E-state index contributed by atoms with van der Waals surface area (Å²) in [5.74, 6) is -3.18. The monoisotopic (exact) mass is 656 g/mol. The zero-order valence-corrected chi connectivity index (χ0v) is 25.9. The molecule has 1 unspecified atom stereocenters. The lowest BCUT2D eigenvalue weighted by Crippen LogP contribution is -2.44. The maximum atomic E-state index is 15.3. The number of fused-ring (bicyclic) bond motifs is 2. The molecule has 2 amide bonds. The molecular weight excluding hydrogens is 629 g/mol. The number of carbonyl (C=O) groups excluding carboxylic acids is 2. The minimum atomic E-state index is -1.74. The molecule has 234 valence electrons. The number of halogens is 4. The second-order valence-corrected chi connectivity index (χ2v) is 12.4. The average Bonchev–Trinajstić information content (AvgIpc) is 3.82. The first-order valence-electron chi connectivity index (χ1n) is 14.1. The van der Waals surface area contributed by atoms with Gasteiger partial charge in [-0.05, 0) is 74.6 Å². The number of hydrogen-bond donors (Lipinski definition) is 3. The van der Waals surface area contributed by atoms with Crippen LogP contribution in [-0.2, 0) is 15.8 Å². The Bertz CT molecular complexity index is 1920. The molecule has 0 bridgehead atoms. The summed E-state index contributed by atoms with van der Waals surface area (Å²) in [5.41, 5.74) is 4.19. The Morgan fingerprint density at radius 3 is 2.60 bits per heavy atom. The number of pyridine rings is 2. The van der Waals surface area contributed by atoms with E-state index in [1.165, 1.54) is 19.2 Å². The number of primary amides is 1. The SMILES string of the molecule is COc1cc(C(=O)NCC(O)(c2cc3c(c(-c4ccc(F)c(Cl)c4F)n2)OC[C@]3(C)C(N)=O)C2CC2)cc2cc(C)c(Cl)nc12. The lowest BCUT2D eigenvalue weighted by Gasteiger charge is -2.30. The number of aromatic nitrogens is 2. The van der Waals surface area contributed by atoms with Crippen LogP contribution in [0.4, 0.5) is 8.78 Å². The summed E-state index contributed by atoms with van der Waals surface area (Å²) >= 11 is 12.1. The lowest BCUT2D eigenvalue weighted by molar-refractivity contribution is -0.123. The first kappa shape index (κ1) is 30.9. The van der Waals surface area contributed by atoms with Gasteiger partial charge < -0.3 is 25.6 Å². The smallest absolute Gasteiger partial charge is 0.251 e. The maximum Gasteiger partial charge on any atom is 0.251 e. The second-order valence-electron chi connectivity index (χ2n) is 11.7. The second kappa shape index (κ2) is 11.1. The highest BCUT2D eigenvalue weighted by atomic mass is 35.5. The van der Waals surface area contributed by atoms with Crippen molar-refractivity contribution in [1.82, 2.24) is 15.3 Å². The Hall–Kier alpha value is -4.06. The molecule has 13 heteroatoms. The number of nitrogens with one attached hydrogen (secondary N) is 1. The predicted octanol–water partition coefficient (Wildman–Crippen LogP) is 5.36. The van der Waals surface area contributed by atoms with Gasteiger partial charge in [0.2, 0.25) is 5.91 Å². The topological polar surface area (TPSA) is 137 Å². The van der Waals surface area contributed by atoms with Gasteiger partial charge in [0.25, 0.3) is 5.91 Å². The predicted molar refractivity (Wildman–Crippen MR) is 164 cm³/mol. The van der Waals surface area contributed by atoms with Gasteiger partial charge in [0.05, 0.1) is 19.3 Å². The number of ether oxygens (including phenoxy) is 2. The van der Waals surface area contributed by atoms with Crippen LogP contribution in [-0.4, -0.2) is 47.2 Å². The molecular formula is C32H28Cl2F2N4O5. The fourth-order valence-corrected chi connectivity index (χ4v) is 5.95. The summed E-state index contributed by atoms with van der Waals surface area (Å²) < 4.78 is 40.7. The van der Waals surface area contributed by atoms with Gasteiger partial charge in [0, 0.05) is 22.1 Å². The Kier molecular flexibility index (Phi) is 7.62. The number of hydrogen-bond acceptors (Lipinski definition) is 7. The van der Waals surface area contributed by atoms with Crippen molar-refractivity contribution in [2.45, 2.75) is 37.7 Å². The third-order valence-electron chi connectivity index (χ3n) is 8.62. The normalized spacial score (nSPS) is 18.7. The van der Waals surface area contributed by atoms with Crippen LogP contribution in [0.1, 0.15) is 46.9 Å². The zero-order chi connectivity index (χ0) is 32.4. The fraction of sp³-hybridized carbons (Fsp3) is 0.312. The number of benzene rings is 2. The van der Waals surface area contributed by atoms with Crippen LogP contribution >= 0.6 is 23.2 Å². The number of aryl methyl sites for hydroxylation is 1. The molecule has 2 aromatic heterocycles. The maximum absolute atomic E-state index is 15.3. The molecule has 1 saturated carbocycles. The summed E-state index contributed by atoms with van der Waals surface area (Å²) in [5, 5.41) is 15.2. The molecule has 1 aliphatic heterocycles. The van der Waals surface area contributed by atoms with Crippen LogP contribution in [0, 0.1) is 24.5 Å². The van der Waals surface area contributed by atoms with Crippen LogP contribution in [0.3, 0.4) is 0 Å². The summed E-state index contributed by atoms with van der Waals surface area (Å²) in [6.45, 7) is 2.92. The standard InChI is InChI=1S/C32H28Cl2F2N4O5/c1-14-8-15-9-16(10-21(44-3)25(15)40-28(14)34)29(41)38-12-32(43,17-4-5-17)22-11-19-27(45-13-31(19,2)30(37)42)26(39-22)18-6-7-20(35)23(33)24(18)36/h6-11,17,43H,4-5,12-13H2,1-3H3,(H2,37,42)(H,38,41)/t31-,32?/m0/s1. The van der Waals surface area contributed by atoms with E-state index in [1.807, 2.05) is 0 Å². The Balaban J connectivity index is 1.42. The van der Waals surface area contributed by atoms with Crippen LogP contribution in [0.15, 0.2) is 36.4 Å². The highest BCUT2D eigenvalue weighted by Gasteiger charge is 2.50. The van der Waals surface area contributed by atoms with Crippen molar-refractivity contribution >= 4 is 45.9 Å². The zero-order valence-electron chi connectivity index (χ0n) is 24.4. The molecule has 0 saturated heterocycles. The number of methoxy groups -OCH3 is 1. The van der Waals surface area contributed by atoms with Crippen molar-refractivity contribution in [2.75, 3.05) is 20.3 Å². The molecule has 3 heterocycles. The Morgan fingerprint density at radius 2 is 1.93 bits per heavy atom. The Labute approximate surface area is 266 Å². The van der Waals surface area contributed by atoms with E-state index in [0.717, 1.165) is 17.7 Å². The van der Waals surface area contributed by atoms with E-state index in [4.69, 9.17) is 38.4 Å². The van der Waals surface area contributed by atoms with E-state index in [0.29, 0.717) is 34.6 Å². The van der Waals surface area contributed by atoms with Gasteiger partial charge in [-0.25, -0.2) is 18.7 Å². The highest BCUT2D eigenvalue weighted by molar-refractivity contribution is 6.31. The highest BCUT2D eigenvalue weighted by Crippen LogP contribution is 2.50. The molecule has 1 fully saturated rings. The lowest BCUT2D eigenvalue weighted by atomic mass is 9.81. The van der Waals surface area contributed by atoms with Gasteiger partial charge in [0.15, 0.2) is 5.82 Å². The minimum absolute atomic E-state index is 0.0578. The third-order valence-corrected chi connectivity index (χ3v) is 9.34. The van der Waals surface area contributed by atoms with Crippen LogP contribution < -0.4 is 20.5 Å². The first-order valence-corrected chi connectivity index (χ1v) is 14.8. The molecule has 4 N–H and O–H groups in total. The number of amides is 2. The van der Waals surface area contributed by atoms with E-state index in [2.05, 4.69) is 15.3 Å². The van der Waals surface area contributed by atoms with Crippen molar-refractivity contribution in [2.24, 2.45) is 11.7 Å². The number of nitrogens with zero attached hydrogens (tertiary/aromatic N) is 2. The van der Waals surface area contributed by atoms with Crippen molar-refractivity contribution in [3.05, 3.63) is 80.6 Å². The van der Waals surface area contributed by atoms with Gasteiger partial charge in [0.1, 0.15) is 56.3 Å². The van der Waals surface area contributed by atoms with E-state index in [-0.39, 0.29) is 52.9 Å². The van der Waals surface area contributed by atoms with Gasteiger partial charge in [-0.2, -0.15) is 0 Å². The first-order chi connectivity index (χ1) is 21.3. The van der Waals surface area contributed by atoms with Crippen molar-refractivity contribution in [3.8, 4) is 22.8 Å². The van der Waals surface area contributed by atoms with E-state index in [1.54, 1.807) is 26.0 Å². The molecule has 2 aliphatic rings. The van der Waals surface area contributed by atoms with Gasteiger partial charge in [-0.1, -0.05) is 23.2 Å². The van der Waals surface area contributed by atoms with Gasteiger partial charge >= 0.3 is 0 Å². The molecule has 1 aliphatic carbocycles. The van der Waals surface area contributed by atoms with Crippen LogP contribution in [0.25, 0.3) is 22.2 Å². The third kappa shape index (κ3) is 5.12. The molecule has 2 atom stereocenters. The summed E-state index contributed by atoms with van der Waals surface area (Å²) in [6, 6.07) is 8.60. The van der Waals surface area contributed by atoms with Crippen molar-refractivity contribution in [3.63, 3.8) is 0 Å². The number of aliphatic hydroxyl groups is 1. The minimum Gasteiger partial charge on any atom is -0.494 e. The molecule has 45 heavy (non-hydrogen) atoms. The van der Waals surface area contributed by atoms with Crippen molar-refractivity contribution in [1.29, 1.82) is 0 Å². The van der Waals surface area contributed by atoms with Crippen molar-refractivity contribution < 1.29 is 33.0 Å². The van der Waals surface area contributed by atoms with E-state index >= 15 is 4.39 Å². The quantitative estimate of drug-likeness (QED) is 0.171. The Morgan fingerprint density at radius 1 is 1.20 bits per heavy atom. The molecule has 6 rings (SSSR count). The summed E-state index contributed by atoms with van der Waals surface area (Å²) in [7, 11) is 1.45. The van der Waals surface area contributed by atoms with Gasteiger partial charge in [-0.15, -0.1) is 0 Å². The average molecular weight is 658 g/mol. The molecule has 2 aromatic carbocycles. The van der Waals surface area contributed by atoms with Crippen LogP contribution in [0.2, 0.25) is 10.2 Å². The largest absolute Gasteiger partial charge is 0.494 e. The van der Waals surface area contributed by atoms with E-state index in [9.17, 15) is 19.1 Å².